The van der Waals surface area contributed by atoms with E-state index in [9.17, 15) is 4.79 Å². The number of benzene rings is 1. The summed E-state index contributed by atoms with van der Waals surface area (Å²) < 4.78 is 0. The van der Waals surface area contributed by atoms with Crippen LogP contribution >= 0.6 is 0 Å². The van der Waals surface area contributed by atoms with E-state index < -0.39 is 0 Å². The predicted octanol–water partition coefficient (Wildman–Crippen LogP) is 3.89. The van der Waals surface area contributed by atoms with Gasteiger partial charge in [-0.3, -0.25) is 4.79 Å². The van der Waals surface area contributed by atoms with Gasteiger partial charge in [-0.15, -0.1) is 0 Å². The zero-order valence-electron chi connectivity index (χ0n) is 15.4. The van der Waals surface area contributed by atoms with Crippen molar-refractivity contribution in [2.24, 2.45) is 0 Å². The molecule has 0 N–H and O–H groups in total. The van der Waals surface area contributed by atoms with E-state index in [2.05, 4.69) is 39.1 Å². The number of para-hydroxylation sites is 1. The molecule has 1 aromatic carbocycles. The maximum atomic E-state index is 13.0. The molecule has 0 bridgehead atoms. The molecule has 5 nitrogen and oxygen atoms in total. The topological polar surface area (TPSA) is 49.3 Å². The Balaban J connectivity index is 1.66. The van der Waals surface area contributed by atoms with E-state index in [1.54, 1.807) is 0 Å². The zero-order valence-corrected chi connectivity index (χ0v) is 15.4. The lowest BCUT2D eigenvalue weighted by Gasteiger charge is -2.30. The molecule has 1 amide bonds. The van der Waals surface area contributed by atoms with Gasteiger partial charge in [0.05, 0.1) is 0 Å². The van der Waals surface area contributed by atoms with Gasteiger partial charge < -0.3 is 9.80 Å². The second kappa shape index (κ2) is 7.44. The molecule has 1 saturated heterocycles. The molecule has 0 spiro atoms. The lowest BCUT2D eigenvalue weighted by Crippen LogP contribution is -2.33. The number of carbonyl (C=O) groups is 1. The van der Waals surface area contributed by atoms with E-state index in [0.717, 1.165) is 51.1 Å². The molecule has 5 heteroatoms. The van der Waals surface area contributed by atoms with Gasteiger partial charge in [-0.1, -0.05) is 31.0 Å². The molecule has 2 aliphatic rings. The highest BCUT2D eigenvalue weighted by Gasteiger charge is 2.23. The number of amides is 1. The van der Waals surface area contributed by atoms with Crippen molar-refractivity contribution in [3.63, 3.8) is 0 Å². The van der Waals surface area contributed by atoms with E-state index in [4.69, 9.17) is 0 Å². The van der Waals surface area contributed by atoms with Crippen molar-refractivity contribution in [2.75, 3.05) is 24.5 Å². The Morgan fingerprint density at radius 1 is 0.962 bits per heavy atom. The third-order valence-corrected chi connectivity index (χ3v) is 5.32. The quantitative estimate of drug-likeness (QED) is 0.824. The van der Waals surface area contributed by atoms with E-state index in [1.165, 1.54) is 24.1 Å². The van der Waals surface area contributed by atoms with Gasteiger partial charge in [0, 0.05) is 31.4 Å². The summed E-state index contributed by atoms with van der Waals surface area (Å²) in [4.78, 5) is 26.3. The van der Waals surface area contributed by atoms with E-state index in [1.807, 2.05) is 17.9 Å². The van der Waals surface area contributed by atoms with Crippen LogP contribution in [0.2, 0.25) is 0 Å². The smallest absolute Gasteiger partial charge is 0.272 e. The molecule has 1 fully saturated rings. The van der Waals surface area contributed by atoms with Crippen LogP contribution in [0.5, 0.6) is 0 Å². The lowest BCUT2D eigenvalue weighted by atomic mass is 10.0. The van der Waals surface area contributed by atoms with Gasteiger partial charge in [0.2, 0.25) is 0 Å². The molecule has 0 aliphatic carbocycles. The van der Waals surface area contributed by atoms with E-state index in [-0.39, 0.29) is 5.91 Å². The summed E-state index contributed by atoms with van der Waals surface area (Å²) in [5.74, 6) is 1.54. The Hall–Kier alpha value is -2.43. The van der Waals surface area contributed by atoms with Crippen molar-refractivity contribution in [2.45, 2.75) is 45.4 Å². The average Bonchev–Trinajstić information content (AvgIpc) is 2.96. The van der Waals surface area contributed by atoms with Gasteiger partial charge in [0.25, 0.3) is 5.91 Å². The first kappa shape index (κ1) is 17.0. The summed E-state index contributed by atoms with van der Waals surface area (Å²) in [6.45, 7) is 4.47. The summed E-state index contributed by atoms with van der Waals surface area (Å²) in [7, 11) is 0. The number of fused-ring (bicyclic) bond motifs is 1. The summed E-state index contributed by atoms with van der Waals surface area (Å²) in [6.07, 6.45) is 6.78. The summed E-state index contributed by atoms with van der Waals surface area (Å²) in [5, 5.41) is 0. The molecule has 4 rings (SSSR count). The van der Waals surface area contributed by atoms with Gasteiger partial charge in [0.1, 0.15) is 17.3 Å². The first-order valence-corrected chi connectivity index (χ1v) is 9.73. The van der Waals surface area contributed by atoms with Gasteiger partial charge in [-0.05, 0) is 44.2 Å². The monoisotopic (exact) mass is 350 g/mol. The SMILES string of the molecule is Cc1nc(C(=O)N2CCCCCC2)cc(N2CCCc3ccccc32)n1. The molecule has 0 radical (unpaired) electrons. The fourth-order valence-corrected chi connectivity index (χ4v) is 4.01. The largest absolute Gasteiger partial charge is 0.337 e. The van der Waals surface area contributed by atoms with Crippen molar-refractivity contribution >= 4 is 17.4 Å². The maximum absolute atomic E-state index is 13.0. The lowest BCUT2D eigenvalue weighted by molar-refractivity contribution is 0.0755. The Labute approximate surface area is 155 Å². The third-order valence-electron chi connectivity index (χ3n) is 5.32. The number of nitrogens with zero attached hydrogens (tertiary/aromatic N) is 4. The minimum Gasteiger partial charge on any atom is -0.337 e. The Morgan fingerprint density at radius 2 is 1.73 bits per heavy atom. The van der Waals surface area contributed by atoms with Crippen LogP contribution in [-0.4, -0.2) is 40.4 Å². The number of aryl methyl sites for hydroxylation is 2. The highest BCUT2D eigenvalue weighted by molar-refractivity contribution is 5.93. The summed E-state index contributed by atoms with van der Waals surface area (Å²) in [5.41, 5.74) is 3.07. The van der Waals surface area contributed by atoms with Crippen LogP contribution in [0.15, 0.2) is 30.3 Å². The van der Waals surface area contributed by atoms with Crippen LogP contribution in [0.1, 0.15) is 54.0 Å². The summed E-state index contributed by atoms with van der Waals surface area (Å²) >= 11 is 0. The zero-order chi connectivity index (χ0) is 17.9. The number of carbonyl (C=O) groups excluding carboxylic acids is 1. The molecule has 2 aliphatic heterocycles. The van der Waals surface area contributed by atoms with Crippen molar-refractivity contribution in [3.05, 3.63) is 47.4 Å². The van der Waals surface area contributed by atoms with Crippen molar-refractivity contribution in [1.82, 2.24) is 14.9 Å². The minimum atomic E-state index is 0.0453. The molecule has 0 saturated carbocycles. The van der Waals surface area contributed by atoms with Gasteiger partial charge >= 0.3 is 0 Å². The van der Waals surface area contributed by atoms with Crippen molar-refractivity contribution in [3.8, 4) is 0 Å². The normalized spacial score (nSPS) is 17.6. The molecular weight excluding hydrogens is 324 g/mol. The number of rotatable bonds is 2. The molecular formula is C21H26N4O. The van der Waals surface area contributed by atoms with Crippen molar-refractivity contribution < 1.29 is 4.79 Å². The maximum Gasteiger partial charge on any atom is 0.272 e. The average molecular weight is 350 g/mol. The first-order valence-electron chi connectivity index (χ1n) is 9.73. The Kier molecular flexibility index (Phi) is 4.87. The second-order valence-corrected chi connectivity index (χ2v) is 7.25. The third kappa shape index (κ3) is 3.43. The Morgan fingerprint density at radius 3 is 2.54 bits per heavy atom. The van der Waals surface area contributed by atoms with Crippen LogP contribution in [0, 0.1) is 6.92 Å². The fraction of sp³-hybridized carbons (Fsp3) is 0.476. The summed E-state index contributed by atoms with van der Waals surface area (Å²) in [6, 6.07) is 10.3. The standard InChI is InChI=1S/C21H26N4O/c1-16-22-18(21(26)24-12-6-2-3-7-13-24)15-20(23-16)25-14-8-10-17-9-4-5-11-19(17)25/h4-5,9,11,15H,2-3,6-8,10,12-14H2,1H3. The molecule has 0 atom stereocenters. The van der Waals surface area contributed by atoms with Crippen molar-refractivity contribution in [1.29, 1.82) is 0 Å². The molecule has 26 heavy (non-hydrogen) atoms. The number of likely N-dealkylation sites (tertiary alicyclic amines) is 1. The Bertz CT molecular complexity index is 796. The second-order valence-electron chi connectivity index (χ2n) is 7.25. The molecule has 1 aromatic heterocycles. The number of aromatic nitrogens is 2. The number of hydrogen-bond acceptors (Lipinski definition) is 4. The molecule has 3 heterocycles. The molecule has 136 valence electrons. The van der Waals surface area contributed by atoms with E-state index in [0.29, 0.717) is 11.5 Å². The van der Waals surface area contributed by atoms with Crippen LogP contribution in [-0.2, 0) is 6.42 Å². The van der Waals surface area contributed by atoms with Crippen LogP contribution in [0.25, 0.3) is 0 Å². The van der Waals surface area contributed by atoms with Crippen LogP contribution < -0.4 is 4.90 Å². The fourth-order valence-electron chi connectivity index (χ4n) is 4.01. The minimum absolute atomic E-state index is 0.0453. The highest BCUT2D eigenvalue weighted by Crippen LogP contribution is 2.32. The van der Waals surface area contributed by atoms with Gasteiger partial charge in [0.15, 0.2) is 0 Å². The number of hydrogen-bond donors (Lipinski definition) is 0. The van der Waals surface area contributed by atoms with Gasteiger partial charge in [-0.2, -0.15) is 0 Å². The number of anilines is 2. The van der Waals surface area contributed by atoms with Crippen LogP contribution in [0.4, 0.5) is 11.5 Å². The first-order chi connectivity index (χ1) is 12.7. The molecule has 0 unspecified atom stereocenters. The van der Waals surface area contributed by atoms with Crippen LogP contribution in [0.3, 0.4) is 0 Å². The molecule has 2 aromatic rings. The predicted molar refractivity (Wildman–Crippen MR) is 103 cm³/mol. The highest BCUT2D eigenvalue weighted by atomic mass is 16.2. The van der Waals surface area contributed by atoms with E-state index >= 15 is 0 Å². The van der Waals surface area contributed by atoms with Gasteiger partial charge in [-0.25, -0.2) is 9.97 Å².